The lowest BCUT2D eigenvalue weighted by Crippen LogP contribution is -2.48. The zero-order valence-electron chi connectivity index (χ0n) is 18.9. The molecule has 2 amide bonds. The number of aryl methyl sites for hydroxylation is 1. The Labute approximate surface area is 188 Å². The van der Waals surface area contributed by atoms with Crippen LogP contribution in [0.25, 0.3) is 0 Å². The maximum absolute atomic E-state index is 12.9. The summed E-state index contributed by atoms with van der Waals surface area (Å²) in [6.07, 6.45) is 5.50. The van der Waals surface area contributed by atoms with E-state index in [0.717, 1.165) is 5.69 Å². The van der Waals surface area contributed by atoms with Crippen LogP contribution in [0.5, 0.6) is 0 Å². The van der Waals surface area contributed by atoms with Gasteiger partial charge < -0.3 is 19.6 Å². The second-order valence-electron chi connectivity index (χ2n) is 8.38. The van der Waals surface area contributed by atoms with Crippen molar-refractivity contribution in [1.82, 2.24) is 29.8 Å². The molecule has 0 saturated heterocycles. The van der Waals surface area contributed by atoms with Gasteiger partial charge in [0.25, 0.3) is 5.91 Å². The lowest BCUT2D eigenvalue weighted by molar-refractivity contribution is -0.136. The molecule has 1 aliphatic rings. The summed E-state index contributed by atoms with van der Waals surface area (Å²) in [5, 5.41) is 17.8. The molecular formula is C22H32N6O4. The molecule has 0 bridgehead atoms. The van der Waals surface area contributed by atoms with Crippen LogP contribution >= 0.6 is 0 Å². The van der Waals surface area contributed by atoms with Crippen molar-refractivity contribution < 1.29 is 19.4 Å². The monoisotopic (exact) mass is 444 g/mol. The molecule has 0 fully saturated rings. The summed E-state index contributed by atoms with van der Waals surface area (Å²) in [6.45, 7) is 5.37. The van der Waals surface area contributed by atoms with Crippen molar-refractivity contribution in [3.05, 3.63) is 42.0 Å². The Bertz CT molecular complexity index is 890. The predicted molar refractivity (Wildman–Crippen MR) is 116 cm³/mol. The minimum absolute atomic E-state index is 0.0133. The van der Waals surface area contributed by atoms with E-state index >= 15 is 0 Å². The average molecular weight is 445 g/mol. The Balaban J connectivity index is 1.81. The van der Waals surface area contributed by atoms with Crippen molar-refractivity contribution in [2.75, 3.05) is 26.7 Å². The molecule has 0 aliphatic carbocycles. The van der Waals surface area contributed by atoms with Gasteiger partial charge in [-0.1, -0.05) is 12.1 Å². The van der Waals surface area contributed by atoms with Crippen LogP contribution in [-0.2, 0) is 22.7 Å². The van der Waals surface area contributed by atoms with Gasteiger partial charge in [0.15, 0.2) is 0 Å². The number of nitrogens with zero attached hydrogens (tertiary/aromatic N) is 6. The van der Waals surface area contributed by atoms with Gasteiger partial charge >= 0.3 is 0 Å². The van der Waals surface area contributed by atoms with E-state index in [1.807, 2.05) is 13.8 Å². The van der Waals surface area contributed by atoms with Gasteiger partial charge in [0, 0.05) is 57.0 Å². The number of aliphatic hydroxyl groups is 1. The normalized spacial score (nSPS) is 21.2. The maximum atomic E-state index is 12.9. The molecule has 10 heteroatoms. The molecule has 0 saturated carbocycles. The van der Waals surface area contributed by atoms with E-state index in [-0.39, 0.29) is 36.5 Å². The van der Waals surface area contributed by atoms with Gasteiger partial charge in [-0.05, 0) is 25.5 Å². The van der Waals surface area contributed by atoms with Crippen LogP contribution < -0.4 is 0 Å². The van der Waals surface area contributed by atoms with Crippen molar-refractivity contribution in [3.8, 4) is 0 Å². The van der Waals surface area contributed by atoms with E-state index in [1.165, 1.54) is 0 Å². The molecule has 0 radical (unpaired) electrons. The van der Waals surface area contributed by atoms with Crippen LogP contribution in [0.3, 0.4) is 0 Å². The number of amides is 2. The van der Waals surface area contributed by atoms with E-state index in [1.54, 1.807) is 52.3 Å². The van der Waals surface area contributed by atoms with E-state index in [4.69, 9.17) is 4.74 Å². The minimum atomic E-state index is -0.338. The van der Waals surface area contributed by atoms with Crippen molar-refractivity contribution in [3.63, 3.8) is 0 Å². The summed E-state index contributed by atoms with van der Waals surface area (Å²) in [6, 6.07) is 3.06. The first kappa shape index (κ1) is 23.8. The molecular weight excluding hydrogens is 412 g/mol. The summed E-state index contributed by atoms with van der Waals surface area (Å²) < 4.78 is 8.01. The van der Waals surface area contributed by atoms with Crippen molar-refractivity contribution in [1.29, 1.82) is 0 Å². The molecule has 32 heavy (non-hydrogen) atoms. The number of ether oxygens (including phenoxy) is 1. The fourth-order valence-corrected chi connectivity index (χ4v) is 3.81. The van der Waals surface area contributed by atoms with Crippen LogP contribution in [0, 0.1) is 5.92 Å². The summed E-state index contributed by atoms with van der Waals surface area (Å²) >= 11 is 0. The Morgan fingerprint density at radius 1 is 1.38 bits per heavy atom. The Morgan fingerprint density at radius 2 is 2.12 bits per heavy atom. The van der Waals surface area contributed by atoms with Crippen LogP contribution in [0.4, 0.5) is 0 Å². The topological polar surface area (TPSA) is 114 Å². The van der Waals surface area contributed by atoms with Crippen molar-refractivity contribution in [2.45, 2.75) is 52.0 Å². The fraction of sp³-hybridized carbons (Fsp3) is 0.591. The number of aliphatic hydroxyl groups excluding tert-OH is 1. The zero-order chi connectivity index (χ0) is 23.1. The second kappa shape index (κ2) is 11.1. The molecule has 174 valence electrons. The summed E-state index contributed by atoms with van der Waals surface area (Å²) in [5.41, 5.74) is 1.38. The standard InChI is InChI=1S/C22H32N6O4/c1-16-12-27(17(2)14-29)21(30)5-4-10-28-19(11-24-25-28)15-32-20(16)13-26(3)22(31)18-6-8-23-9-7-18/h6-9,11,16-17,20,29H,4-5,10,12-15H2,1-3H3/t16-,17-,20+/m0/s1. The van der Waals surface area contributed by atoms with Gasteiger partial charge in [0.2, 0.25) is 5.91 Å². The van der Waals surface area contributed by atoms with Gasteiger partial charge in [-0.15, -0.1) is 5.10 Å². The van der Waals surface area contributed by atoms with Crippen LogP contribution in [0.2, 0.25) is 0 Å². The third-order valence-corrected chi connectivity index (χ3v) is 5.87. The van der Waals surface area contributed by atoms with Gasteiger partial charge in [-0.2, -0.15) is 0 Å². The van der Waals surface area contributed by atoms with Crippen molar-refractivity contribution in [2.24, 2.45) is 5.92 Å². The van der Waals surface area contributed by atoms with E-state index in [0.29, 0.717) is 44.6 Å². The third kappa shape index (κ3) is 5.89. The molecule has 0 unspecified atom stereocenters. The van der Waals surface area contributed by atoms with Crippen LogP contribution in [0.1, 0.15) is 42.7 Å². The minimum Gasteiger partial charge on any atom is -0.394 e. The highest BCUT2D eigenvalue weighted by Gasteiger charge is 2.29. The van der Waals surface area contributed by atoms with Gasteiger partial charge in [0.1, 0.15) is 0 Å². The first-order chi connectivity index (χ1) is 15.4. The Kier molecular flexibility index (Phi) is 8.29. The largest absolute Gasteiger partial charge is 0.394 e. The number of aromatic nitrogens is 4. The predicted octanol–water partition coefficient (Wildman–Crippen LogP) is 0.970. The number of likely N-dealkylation sites (N-methyl/N-ethyl adjacent to an activating group) is 1. The zero-order valence-corrected chi connectivity index (χ0v) is 18.9. The summed E-state index contributed by atoms with van der Waals surface area (Å²) in [4.78, 5) is 33.1. The lowest BCUT2D eigenvalue weighted by Gasteiger charge is -2.35. The second-order valence-corrected chi connectivity index (χ2v) is 8.38. The summed E-state index contributed by atoms with van der Waals surface area (Å²) in [7, 11) is 1.74. The Hall–Kier alpha value is -2.85. The quantitative estimate of drug-likeness (QED) is 0.731. The van der Waals surface area contributed by atoms with Crippen LogP contribution in [-0.4, -0.2) is 85.6 Å². The highest BCUT2D eigenvalue weighted by molar-refractivity contribution is 5.93. The van der Waals surface area contributed by atoms with Gasteiger partial charge in [0.05, 0.1) is 37.3 Å². The molecule has 3 heterocycles. The van der Waals surface area contributed by atoms with Gasteiger partial charge in [-0.3, -0.25) is 14.6 Å². The van der Waals surface area contributed by atoms with Crippen molar-refractivity contribution >= 4 is 11.8 Å². The molecule has 1 aliphatic heterocycles. The van der Waals surface area contributed by atoms with E-state index in [9.17, 15) is 14.7 Å². The maximum Gasteiger partial charge on any atom is 0.253 e. The number of pyridine rings is 1. The SMILES string of the molecule is C[C@H]1CN([C@@H](C)CO)C(=O)CCCn2nncc2CO[C@@H]1CN(C)C(=O)c1ccncc1. The summed E-state index contributed by atoms with van der Waals surface area (Å²) in [5.74, 6) is -0.220. The molecule has 2 aromatic rings. The van der Waals surface area contributed by atoms with Crippen LogP contribution in [0.15, 0.2) is 30.7 Å². The number of carbonyl (C=O) groups is 2. The number of carbonyl (C=O) groups excluding carboxylic acids is 2. The molecule has 1 N–H and O–H groups in total. The molecule has 3 atom stereocenters. The first-order valence-electron chi connectivity index (χ1n) is 11.0. The number of hydrogen-bond donors (Lipinski definition) is 1. The molecule has 3 rings (SSSR count). The third-order valence-electron chi connectivity index (χ3n) is 5.87. The van der Waals surface area contributed by atoms with E-state index in [2.05, 4.69) is 15.3 Å². The number of fused-ring (bicyclic) bond motifs is 1. The smallest absolute Gasteiger partial charge is 0.253 e. The Morgan fingerprint density at radius 3 is 2.84 bits per heavy atom. The van der Waals surface area contributed by atoms with Gasteiger partial charge in [-0.25, -0.2) is 4.68 Å². The lowest BCUT2D eigenvalue weighted by atomic mass is 10.0. The molecule has 10 nitrogen and oxygen atoms in total. The number of rotatable bonds is 5. The van der Waals surface area contributed by atoms with E-state index < -0.39 is 0 Å². The molecule has 0 aromatic carbocycles. The highest BCUT2D eigenvalue weighted by Crippen LogP contribution is 2.18. The molecule has 2 aromatic heterocycles. The highest BCUT2D eigenvalue weighted by atomic mass is 16.5. The first-order valence-corrected chi connectivity index (χ1v) is 11.0. The average Bonchev–Trinajstić information content (AvgIpc) is 3.25. The molecule has 0 spiro atoms. The fourth-order valence-electron chi connectivity index (χ4n) is 3.81. The number of hydrogen-bond acceptors (Lipinski definition) is 7.